The Balaban J connectivity index is 1.57. The Morgan fingerprint density at radius 3 is 2.24 bits per heavy atom. The smallest absolute Gasteiger partial charge is 0.274 e. The van der Waals surface area contributed by atoms with Gasteiger partial charge in [0.1, 0.15) is 0 Å². The van der Waals surface area contributed by atoms with Crippen LogP contribution in [0.25, 0.3) is 0 Å². The topological polar surface area (TPSA) is 90.9 Å². The Labute approximate surface area is 209 Å². The second-order valence-electron chi connectivity index (χ2n) is 10.9. The average molecular weight is 477 g/mol. The van der Waals surface area contributed by atoms with Gasteiger partial charge in [-0.15, -0.1) is 0 Å². The van der Waals surface area contributed by atoms with E-state index in [9.17, 15) is 5.11 Å². The average Bonchev–Trinajstić information content (AvgIpc) is 3.14. The number of unbranched alkanes of at least 4 members (excludes halogenated alkanes) is 11. The maximum atomic E-state index is 11.3. The van der Waals surface area contributed by atoms with Gasteiger partial charge in [0.2, 0.25) is 5.72 Å². The van der Waals surface area contributed by atoms with Gasteiger partial charge < -0.3 is 16.6 Å². The Hall–Kier alpha value is -1.56. The Kier molecular flexibility index (Phi) is 13.6. The van der Waals surface area contributed by atoms with Gasteiger partial charge in [0.25, 0.3) is 5.84 Å². The van der Waals surface area contributed by atoms with Crippen molar-refractivity contribution in [2.75, 3.05) is 26.2 Å². The van der Waals surface area contributed by atoms with E-state index in [0.717, 1.165) is 64.1 Å². The molecule has 0 aromatic heterocycles. The molecule has 0 spiro atoms. The molecule has 1 atom stereocenters. The van der Waals surface area contributed by atoms with Gasteiger partial charge >= 0.3 is 0 Å². The highest BCUT2D eigenvalue weighted by atomic mass is 16.3. The van der Waals surface area contributed by atoms with Crippen LogP contribution in [0.1, 0.15) is 117 Å². The molecule has 2 aliphatic heterocycles. The fourth-order valence-electron chi connectivity index (χ4n) is 5.30. The molecule has 0 aromatic carbocycles. The maximum Gasteiger partial charge on any atom is 0.274 e. The molecule has 2 heterocycles. The summed E-state index contributed by atoms with van der Waals surface area (Å²) in [6.07, 6.45) is 24.2. The molecular weight excluding hydrogens is 422 g/mol. The number of nitrogens with zero attached hydrogens (tertiary/aromatic N) is 3. The summed E-state index contributed by atoms with van der Waals surface area (Å²) < 4.78 is 2.45. The first-order valence-electron chi connectivity index (χ1n) is 14.3. The third kappa shape index (κ3) is 10.8. The first kappa shape index (κ1) is 28.7. The third-order valence-corrected chi connectivity index (χ3v) is 7.33. The lowest BCUT2D eigenvalue weighted by Crippen LogP contribution is -2.52. The lowest BCUT2D eigenvalue weighted by Gasteiger charge is -2.32. The summed E-state index contributed by atoms with van der Waals surface area (Å²) in [4.78, 5) is 6.30. The lowest BCUT2D eigenvalue weighted by atomic mass is 10.0. The molecule has 0 radical (unpaired) electrons. The van der Waals surface area contributed by atoms with Crippen molar-refractivity contribution in [3.8, 4) is 0 Å². The summed E-state index contributed by atoms with van der Waals surface area (Å²) in [6.45, 7) is 8.43. The number of hydrogen-bond donors (Lipinski definition) is 3. The van der Waals surface area contributed by atoms with Gasteiger partial charge in [0.05, 0.1) is 19.6 Å². The molecule has 0 aromatic rings. The largest absolute Gasteiger partial charge is 0.370 e. The number of rotatable bonds is 19. The molecule has 6 nitrogen and oxygen atoms in total. The van der Waals surface area contributed by atoms with Gasteiger partial charge in [-0.3, -0.25) is 9.57 Å². The zero-order chi connectivity index (χ0) is 24.7. The lowest BCUT2D eigenvalue weighted by molar-refractivity contribution is -0.539. The third-order valence-electron chi connectivity index (χ3n) is 7.33. The standard InChI is InChI=1S/C28H54N5O/c1-25(2)17-12-9-7-5-3-4-6-8-10-13-19-28(34)20-18-26-32(23-16-24-33(26)28)22-15-11-14-21-31-27(29)30/h18,20,25,34H,3-17,19,21-24H2,1-2H3,(H4,29,30,31)/q+1. The summed E-state index contributed by atoms with van der Waals surface area (Å²) >= 11 is 0. The minimum atomic E-state index is -0.780. The zero-order valence-electron chi connectivity index (χ0n) is 22.3. The van der Waals surface area contributed by atoms with Crippen molar-refractivity contribution in [3.63, 3.8) is 0 Å². The van der Waals surface area contributed by atoms with Crippen LogP contribution < -0.4 is 11.5 Å². The molecule has 0 fully saturated rings. The van der Waals surface area contributed by atoms with E-state index in [1.807, 2.05) is 6.08 Å². The molecule has 1 unspecified atom stereocenters. The first-order valence-corrected chi connectivity index (χ1v) is 14.3. The summed E-state index contributed by atoms with van der Waals surface area (Å²) in [5, 5.41) is 11.3. The second kappa shape index (κ2) is 16.2. The van der Waals surface area contributed by atoms with Gasteiger partial charge in [-0.05, 0) is 37.7 Å². The van der Waals surface area contributed by atoms with Gasteiger partial charge in [0.15, 0.2) is 5.96 Å². The van der Waals surface area contributed by atoms with Crippen molar-refractivity contribution in [2.45, 2.75) is 122 Å². The van der Waals surface area contributed by atoms with Crippen molar-refractivity contribution < 1.29 is 9.68 Å². The monoisotopic (exact) mass is 476 g/mol. The molecule has 0 bridgehead atoms. The summed E-state index contributed by atoms with van der Waals surface area (Å²) in [7, 11) is 0. The molecule has 0 amide bonds. The normalized spacial score (nSPS) is 19.8. The van der Waals surface area contributed by atoms with E-state index < -0.39 is 5.72 Å². The van der Waals surface area contributed by atoms with Crippen molar-refractivity contribution >= 4 is 11.8 Å². The van der Waals surface area contributed by atoms with Crippen LogP contribution in [-0.4, -0.2) is 58.3 Å². The number of aliphatic hydroxyl groups is 1. The van der Waals surface area contributed by atoms with Crippen LogP contribution in [0.4, 0.5) is 0 Å². The van der Waals surface area contributed by atoms with Crippen LogP contribution in [0.15, 0.2) is 17.1 Å². The van der Waals surface area contributed by atoms with E-state index in [1.54, 1.807) is 0 Å². The van der Waals surface area contributed by atoms with Gasteiger partial charge in [0, 0.05) is 25.5 Å². The molecule has 5 N–H and O–H groups in total. The summed E-state index contributed by atoms with van der Waals surface area (Å²) in [5.41, 5.74) is 9.99. The van der Waals surface area contributed by atoms with E-state index in [1.165, 1.54) is 70.0 Å². The molecule has 6 heteroatoms. The van der Waals surface area contributed by atoms with Crippen LogP contribution >= 0.6 is 0 Å². The Morgan fingerprint density at radius 1 is 0.971 bits per heavy atom. The van der Waals surface area contributed by atoms with E-state index in [4.69, 9.17) is 11.5 Å². The molecule has 196 valence electrons. The number of hydrogen-bond acceptors (Lipinski definition) is 3. The quantitative estimate of drug-likeness (QED) is 0.104. The van der Waals surface area contributed by atoms with Crippen LogP contribution in [-0.2, 0) is 0 Å². The van der Waals surface area contributed by atoms with Crippen LogP contribution in [0.3, 0.4) is 0 Å². The SMILES string of the molecule is CC(C)CCCCCCCCCCCCC1(O)C=CC2=[N+](CCCCCN=C(N)N)CCCN21. The highest BCUT2D eigenvalue weighted by Gasteiger charge is 2.46. The first-order chi connectivity index (χ1) is 16.4. The molecule has 2 aliphatic rings. The number of aliphatic imine (C=N–C) groups is 1. The van der Waals surface area contributed by atoms with E-state index >= 15 is 0 Å². The molecule has 34 heavy (non-hydrogen) atoms. The molecule has 0 saturated carbocycles. The van der Waals surface area contributed by atoms with Crippen molar-refractivity contribution in [3.05, 3.63) is 12.2 Å². The highest BCUT2D eigenvalue weighted by molar-refractivity contribution is 5.92. The summed E-state index contributed by atoms with van der Waals surface area (Å²) in [5.74, 6) is 2.25. The maximum absolute atomic E-state index is 11.3. The fraction of sp³-hybridized carbons (Fsp3) is 0.857. The Bertz CT molecular complexity index is 653. The number of guanidine groups is 1. The fourth-order valence-corrected chi connectivity index (χ4v) is 5.30. The van der Waals surface area contributed by atoms with E-state index in [0.29, 0.717) is 6.54 Å². The number of amidine groups is 1. The Morgan fingerprint density at radius 2 is 1.59 bits per heavy atom. The number of fused-ring (bicyclic) bond motifs is 1. The van der Waals surface area contributed by atoms with Crippen LogP contribution in [0.2, 0.25) is 0 Å². The predicted octanol–water partition coefficient (Wildman–Crippen LogP) is 5.14. The molecular formula is C28H54N5O+. The minimum Gasteiger partial charge on any atom is -0.370 e. The summed E-state index contributed by atoms with van der Waals surface area (Å²) in [6, 6.07) is 0. The number of nitrogens with two attached hydrogens (primary N) is 2. The molecule has 2 rings (SSSR count). The minimum absolute atomic E-state index is 0.181. The molecule has 0 saturated heterocycles. The zero-order valence-corrected chi connectivity index (χ0v) is 22.3. The second-order valence-corrected chi connectivity index (χ2v) is 10.9. The van der Waals surface area contributed by atoms with Crippen molar-refractivity contribution in [1.29, 1.82) is 0 Å². The predicted molar refractivity (Wildman–Crippen MR) is 145 cm³/mol. The van der Waals surface area contributed by atoms with Gasteiger partial charge in [-0.1, -0.05) is 78.1 Å². The van der Waals surface area contributed by atoms with Crippen molar-refractivity contribution in [2.24, 2.45) is 22.4 Å². The highest BCUT2D eigenvalue weighted by Crippen LogP contribution is 2.30. The molecule has 0 aliphatic carbocycles. The van der Waals surface area contributed by atoms with Crippen molar-refractivity contribution in [1.82, 2.24) is 4.90 Å². The van der Waals surface area contributed by atoms with Gasteiger partial charge in [-0.2, -0.15) is 0 Å². The van der Waals surface area contributed by atoms with Crippen LogP contribution in [0, 0.1) is 5.92 Å². The van der Waals surface area contributed by atoms with Crippen LogP contribution in [0.5, 0.6) is 0 Å². The van der Waals surface area contributed by atoms with E-state index in [2.05, 4.69) is 34.4 Å². The van der Waals surface area contributed by atoms with E-state index in [-0.39, 0.29) is 5.96 Å². The van der Waals surface area contributed by atoms with Gasteiger partial charge in [-0.25, -0.2) is 4.90 Å².